The second-order valence-electron chi connectivity index (χ2n) is 6.15. The number of nitrogens with two attached hydrogens (primary N) is 1. The van der Waals surface area contributed by atoms with E-state index in [0.717, 1.165) is 23.2 Å². The quantitative estimate of drug-likeness (QED) is 0.905. The summed E-state index contributed by atoms with van der Waals surface area (Å²) in [6.07, 6.45) is 1.03. The van der Waals surface area contributed by atoms with E-state index in [1.165, 1.54) is 5.56 Å². The highest BCUT2D eigenvalue weighted by molar-refractivity contribution is 9.10. The zero-order valence-corrected chi connectivity index (χ0v) is 13.7. The number of methoxy groups -OCH3 is 1. The van der Waals surface area contributed by atoms with E-state index in [0.29, 0.717) is 0 Å². The Morgan fingerprint density at radius 3 is 2.63 bits per heavy atom. The van der Waals surface area contributed by atoms with E-state index in [1.54, 1.807) is 7.11 Å². The maximum atomic E-state index is 6.36. The largest absolute Gasteiger partial charge is 0.496 e. The first kappa shape index (κ1) is 14.8. The van der Waals surface area contributed by atoms with E-state index < -0.39 is 0 Å². The molecule has 19 heavy (non-hydrogen) atoms. The molecule has 1 aromatic carbocycles. The minimum absolute atomic E-state index is 0.103. The SMILES string of the molecule is COc1ccc(Br)cc1C1C(N)CCN1C(C)(C)C. The van der Waals surface area contributed by atoms with Crippen molar-refractivity contribution in [3.05, 3.63) is 28.2 Å². The van der Waals surface area contributed by atoms with Crippen LogP contribution in [0.1, 0.15) is 38.8 Å². The molecule has 2 N–H and O–H groups in total. The van der Waals surface area contributed by atoms with Crippen LogP contribution < -0.4 is 10.5 Å². The minimum Gasteiger partial charge on any atom is -0.496 e. The normalized spacial score (nSPS) is 24.7. The second kappa shape index (κ2) is 5.43. The van der Waals surface area contributed by atoms with Gasteiger partial charge in [0.05, 0.1) is 13.2 Å². The van der Waals surface area contributed by atoms with Crippen LogP contribution in [0.2, 0.25) is 0 Å². The number of rotatable bonds is 2. The number of hydrogen-bond donors (Lipinski definition) is 1. The zero-order chi connectivity index (χ0) is 14.2. The molecular formula is C15H23BrN2O. The summed E-state index contributed by atoms with van der Waals surface area (Å²) in [5.74, 6) is 0.916. The summed E-state index contributed by atoms with van der Waals surface area (Å²) in [6.45, 7) is 7.75. The fraction of sp³-hybridized carbons (Fsp3) is 0.600. The van der Waals surface area contributed by atoms with Gasteiger partial charge < -0.3 is 10.5 Å². The molecule has 2 atom stereocenters. The first-order valence-corrected chi connectivity index (χ1v) is 7.49. The Morgan fingerprint density at radius 2 is 2.05 bits per heavy atom. The van der Waals surface area contributed by atoms with Gasteiger partial charge in [-0.3, -0.25) is 4.90 Å². The Kier molecular flexibility index (Phi) is 4.23. The van der Waals surface area contributed by atoms with Crippen molar-refractivity contribution in [3.8, 4) is 5.75 Å². The van der Waals surface area contributed by atoms with Crippen molar-refractivity contribution >= 4 is 15.9 Å². The zero-order valence-electron chi connectivity index (χ0n) is 12.1. The number of nitrogens with zero attached hydrogens (tertiary/aromatic N) is 1. The van der Waals surface area contributed by atoms with Crippen molar-refractivity contribution in [3.63, 3.8) is 0 Å². The molecule has 0 spiro atoms. The molecule has 0 radical (unpaired) electrons. The molecule has 2 rings (SSSR count). The van der Waals surface area contributed by atoms with Crippen LogP contribution in [0.25, 0.3) is 0 Å². The molecule has 0 amide bonds. The number of halogens is 1. The second-order valence-corrected chi connectivity index (χ2v) is 7.06. The van der Waals surface area contributed by atoms with E-state index in [1.807, 2.05) is 12.1 Å². The Bertz CT molecular complexity index is 456. The molecule has 1 saturated heterocycles. The maximum absolute atomic E-state index is 6.36. The van der Waals surface area contributed by atoms with Crippen molar-refractivity contribution in [2.75, 3.05) is 13.7 Å². The smallest absolute Gasteiger partial charge is 0.123 e. The van der Waals surface area contributed by atoms with E-state index in [-0.39, 0.29) is 17.6 Å². The predicted octanol–water partition coefficient (Wildman–Crippen LogP) is 3.33. The highest BCUT2D eigenvalue weighted by Crippen LogP contribution is 2.41. The summed E-state index contributed by atoms with van der Waals surface area (Å²) in [5, 5.41) is 0. The molecule has 1 aliphatic heterocycles. The topological polar surface area (TPSA) is 38.5 Å². The van der Waals surface area contributed by atoms with Gasteiger partial charge in [0.15, 0.2) is 0 Å². The average Bonchev–Trinajstić information content (AvgIpc) is 2.70. The Balaban J connectivity index is 2.45. The van der Waals surface area contributed by atoms with Crippen LogP contribution in [0, 0.1) is 0 Å². The Morgan fingerprint density at radius 1 is 1.37 bits per heavy atom. The van der Waals surface area contributed by atoms with Gasteiger partial charge in [-0.25, -0.2) is 0 Å². The van der Waals surface area contributed by atoms with Gasteiger partial charge >= 0.3 is 0 Å². The van der Waals surface area contributed by atoms with Crippen LogP contribution in [0.3, 0.4) is 0 Å². The highest BCUT2D eigenvalue weighted by Gasteiger charge is 2.40. The third kappa shape index (κ3) is 2.96. The summed E-state index contributed by atoms with van der Waals surface area (Å²) in [6, 6.07) is 6.51. The fourth-order valence-corrected chi connectivity index (χ4v) is 3.28. The van der Waals surface area contributed by atoms with E-state index in [9.17, 15) is 0 Å². The molecule has 2 unspecified atom stereocenters. The third-order valence-corrected chi connectivity index (χ3v) is 4.31. The first-order chi connectivity index (χ1) is 8.84. The van der Waals surface area contributed by atoms with Crippen molar-refractivity contribution in [1.29, 1.82) is 0 Å². The van der Waals surface area contributed by atoms with Gasteiger partial charge in [0.1, 0.15) is 5.75 Å². The Labute approximate surface area is 124 Å². The fourth-order valence-electron chi connectivity index (χ4n) is 2.90. The van der Waals surface area contributed by atoms with Gasteiger partial charge in [-0.15, -0.1) is 0 Å². The molecule has 106 valence electrons. The first-order valence-electron chi connectivity index (χ1n) is 6.70. The summed E-state index contributed by atoms with van der Waals surface area (Å²) >= 11 is 3.55. The van der Waals surface area contributed by atoms with Gasteiger partial charge in [-0.1, -0.05) is 15.9 Å². The summed E-state index contributed by atoms with van der Waals surface area (Å²) < 4.78 is 6.58. The lowest BCUT2D eigenvalue weighted by molar-refractivity contribution is 0.115. The third-order valence-electron chi connectivity index (χ3n) is 3.82. The molecule has 1 fully saturated rings. The molecule has 1 heterocycles. The van der Waals surface area contributed by atoms with E-state index in [2.05, 4.69) is 47.7 Å². The molecule has 0 aliphatic carbocycles. The van der Waals surface area contributed by atoms with Gasteiger partial charge in [0.25, 0.3) is 0 Å². The van der Waals surface area contributed by atoms with Crippen LogP contribution in [0.5, 0.6) is 5.75 Å². The molecule has 0 bridgehead atoms. The minimum atomic E-state index is 0.103. The molecule has 0 saturated carbocycles. The van der Waals surface area contributed by atoms with Crippen molar-refractivity contribution in [1.82, 2.24) is 4.90 Å². The van der Waals surface area contributed by atoms with Crippen LogP contribution >= 0.6 is 15.9 Å². The molecule has 4 heteroatoms. The van der Waals surface area contributed by atoms with Gasteiger partial charge in [0, 0.05) is 28.2 Å². The Hall–Kier alpha value is -0.580. The molecule has 3 nitrogen and oxygen atoms in total. The number of ether oxygens (including phenoxy) is 1. The highest BCUT2D eigenvalue weighted by atomic mass is 79.9. The lowest BCUT2D eigenvalue weighted by atomic mass is 9.96. The van der Waals surface area contributed by atoms with Gasteiger partial charge in [0.2, 0.25) is 0 Å². The maximum Gasteiger partial charge on any atom is 0.123 e. The number of benzene rings is 1. The van der Waals surface area contributed by atoms with Crippen molar-refractivity contribution in [2.45, 2.75) is 44.8 Å². The average molecular weight is 327 g/mol. The van der Waals surface area contributed by atoms with E-state index in [4.69, 9.17) is 10.5 Å². The van der Waals surface area contributed by atoms with Crippen LogP contribution in [-0.2, 0) is 0 Å². The molecule has 1 aliphatic rings. The van der Waals surface area contributed by atoms with Crippen LogP contribution in [0.4, 0.5) is 0 Å². The molecule has 0 aromatic heterocycles. The monoisotopic (exact) mass is 326 g/mol. The van der Waals surface area contributed by atoms with Crippen LogP contribution in [-0.4, -0.2) is 30.1 Å². The number of likely N-dealkylation sites (tertiary alicyclic amines) is 1. The van der Waals surface area contributed by atoms with Gasteiger partial charge in [-0.05, 0) is 45.4 Å². The van der Waals surface area contributed by atoms with Gasteiger partial charge in [-0.2, -0.15) is 0 Å². The summed E-state index contributed by atoms with van der Waals surface area (Å²) in [7, 11) is 1.72. The van der Waals surface area contributed by atoms with Crippen LogP contribution in [0.15, 0.2) is 22.7 Å². The standard InChI is InChI=1S/C15H23BrN2O/c1-15(2,3)18-8-7-12(17)14(18)11-9-10(16)5-6-13(11)19-4/h5-6,9,12,14H,7-8,17H2,1-4H3. The number of hydrogen-bond acceptors (Lipinski definition) is 3. The summed E-state index contributed by atoms with van der Waals surface area (Å²) in [4.78, 5) is 2.47. The van der Waals surface area contributed by atoms with Crippen molar-refractivity contribution in [2.24, 2.45) is 5.73 Å². The van der Waals surface area contributed by atoms with E-state index >= 15 is 0 Å². The van der Waals surface area contributed by atoms with Crippen molar-refractivity contribution < 1.29 is 4.74 Å². The molecule has 1 aromatic rings. The lowest BCUT2D eigenvalue weighted by Gasteiger charge is -2.38. The lowest BCUT2D eigenvalue weighted by Crippen LogP contribution is -2.43. The summed E-state index contributed by atoms with van der Waals surface area (Å²) in [5.41, 5.74) is 7.64. The molecular weight excluding hydrogens is 304 g/mol. The predicted molar refractivity (Wildman–Crippen MR) is 82.5 cm³/mol.